The van der Waals surface area contributed by atoms with E-state index in [0.29, 0.717) is 6.67 Å². The minimum absolute atomic E-state index is 0.0370. The standard InChI is InChI=1S/C3H5N2O/c1-3(6)5-2-4-5/h2H2,1H3/q-1. The third kappa shape index (κ3) is 0.490. The number of hydrogen-bond donors (Lipinski definition) is 0. The molecule has 0 aromatic heterocycles. The van der Waals surface area contributed by atoms with Crippen molar-refractivity contribution in [1.82, 2.24) is 5.01 Å². The van der Waals surface area contributed by atoms with Crippen LogP contribution in [0.25, 0.3) is 5.43 Å². The molecule has 0 aliphatic carbocycles. The van der Waals surface area contributed by atoms with Crippen molar-refractivity contribution in [2.24, 2.45) is 0 Å². The first-order chi connectivity index (χ1) is 2.80. The predicted octanol–water partition coefficient (Wildman–Crippen LogP) is 0.0947. The molecule has 1 saturated heterocycles. The highest BCUT2D eigenvalue weighted by atomic mass is 16.2. The molecule has 0 spiro atoms. The topological polar surface area (TPSA) is 34.2 Å². The molecule has 1 aliphatic rings. The molecule has 3 nitrogen and oxygen atoms in total. The maximum atomic E-state index is 10.0. The Balaban J connectivity index is 2.31. The minimum atomic E-state index is 0.0370. The molecule has 1 amide bonds. The summed E-state index contributed by atoms with van der Waals surface area (Å²) in [6, 6.07) is 0. The maximum absolute atomic E-state index is 10.0. The molecular formula is C3H5N2O-. The molecule has 0 saturated carbocycles. The van der Waals surface area contributed by atoms with Crippen LogP contribution in [0.2, 0.25) is 0 Å². The van der Waals surface area contributed by atoms with E-state index in [1.165, 1.54) is 11.9 Å². The quantitative estimate of drug-likeness (QED) is 0.384. The van der Waals surface area contributed by atoms with Gasteiger partial charge in [0.15, 0.2) is 0 Å². The highest BCUT2D eigenvalue weighted by Gasteiger charge is 2.01. The molecule has 3 heteroatoms. The Hall–Kier alpha value is -0.570. The normalized spacial score (nSPS) is 17.8. The van der Waals surface area contributed by atoms with Crippen LogP contribution in [0.15, 0.2) is 0 Å². The van der Waals surface area contributed by atoms with Gasteiger partial charge in [0.2, 0.25) is 5.91 Å². The van der Waals surface area contributed by atoms with Crippen LogP contribution in [0.3, 0.4) is 0 Å². The molecule has 0 bridgehead atoms. The van der Waals surface area contributed by atoms with Crippen LogP contribution in [0.4, 0.5) is 0 Å². The smallest absolute Gasteiger partial charge is 0.201 e. The fourth-order valence-electron chi connectivity index (χ4n) is 0.231. The third-order valence-electron chi connectivity index (χ3n) is 0.646. The molecule has 34 valence electrons. The lowest BCUT2D eigenvalue weighted by Gasteiger charge is -1.97. The summed E-state index contributed by atoms with van der Waals surface area (Å²) >= 11 is 0. The van der Waals surface area contributed by atoms with Crippen molar-refractivity contribution in [3.05, 3.63) is 5.43 Å². The van der Waals surface area contributed by atoms with Crippen molar-refractivity contribution in [1.29, 1.82) is 0 Å². The summed E-state index contributed by atoms with van der Waals surface area (Å²) in [5.74, 6) is 0.0370. The number of carbonyl (C=O) groups is 1. The molecule has 0 unspecified atom stereocenters. The van der Waals surface area contributed by atoms with Crippen molar-refractivity contribution in [3.63, 3.8) is 0 Å². The van der Waals surface area contributed by atoms with E-state index >= 15 is 0 Å². The summed E-state index contributed by atoms with van der Waals surface area (Å²) in [6.45, 7) is 2.10. The lowest BCUT2D eigenvalue weighted by atomic mass is 10.7. The van der Waals surface area contributed by atoms with Gasteiger partial charge in [-0.25, -0.2) is 0 Å². The van der Waals surface area contributed by atoms with Gasteiger partial charge in [-0.15, -0.1) is 0 Å². The summed E-state index contributed by atoms with van der Waals surface area (Å²) < 4.78 is 0. The van der Waals surface area contributed by atoms with Crippen LogP contribution in [0.5, 0.6) is 0 Å². The van der Waals surface area contributed by atoms with Crippen LogP contribution in [0, 0.1) is 0 Å². The van der Waals surface area contributed by atoms with E-state index in [-0.39, 0.29) is 5.91 Å². The number of carbonyl (C=O) groups excluding carboxylic acids is 1. The Kier molecular flexibility index (Phi) is 0.569. The molecule has 0 atom stereocenters. The molecule has 1 heterocycles. The van der Waals surface area contributed by atoms with Crippen molar-refractivity contribution >= 4 is 5.91 Å². The Morgan fingerprint density at radius 1 is 2.00 bits per heavy atom. The van der Waals surface area contributed by atoms with E-state index in [9.17, 15) is 4.79 Å². The Bertz CT molecular complexity index is 76.9. The van der Waals surface area contributed by atoms with E-state index in [4.69, 9.17) is 0 Å². The second kappa shape index (κ2) is 0.944. The van der Waals surface area contributed by atoms with Crippen molar-refractivity contribution < 1.29 is 4.79 Å². The highest BCUT2D eigenvalue weighted by Crippen LogP contribution is 2.14. The van der Waals surface area contributed by atoms with Gasteiger partial charge >= 0.3 is 0 Å². The first-order valence-electron chi connectivity index (χ1n) is 1.76. The van der Waals surface area contributed by atoms with Gasteiger partial charge in [0.25, 0.3) is 0 Å². The SMILES string of the molecule is CC(=O)N1C[N-]1. The molecule has 1 fully saturated rings. The summed E-state index contributed by atoms with van der Waals surface area (Å²) in [4.78, 5) is 10.0. The fourth-order valence-corrected chi connectivity index (χ4v) is 0.231. The van der Waals surface area contributed by atoms with E-state index in [1.807, 2.05) is 0 Å². The first kappa shape index (κ1) is 3.61. The zero-order chi connectivity index (χ0) is 4.57. The maximum Gasteiger partial charge on any atom is 0.201 e. The Morgan fingerprint density at radius 3 is 2.50 bits per heavy atom. The first-order valence-corrected chi connectivity index (χ1v) is 1.76. The van der Waals surface area contributed by atoms with Crippen LogP contribution >= 0.6 is 0 Å². The average molecular weight is 85.1 g/mol. The largest absolute Gasteiger partial charge is 0.552 e. The fraction of sp³-hybridized carbons (Fsp3) is 0.667. The summed E-state index contributed by atoms with van der Waals surface area (Å²) in [5.41, 5.74) is 3.59. The summed E-state index contributed by atoms with van der Waals surface area (Å²) in [5, 5.41) is 1.40. The molecule has 1 rings (SSSR count). The number of rotatable bonds is 0. The molecule has 0 radical (unpaired) electrons. The van der Waals surface area contributed by atoms with Gasteiger partial charge < -0.3 is 10.4 Å². The molecule has 0 aromatic rings. The third-order valence-corrected chi connectivity index (χ3v) is 0.646. The summed E-state index contributed by atoms with van der Waals surface area (Å²) in [7, 11) is 0. The number of hydrogen-bond acceptors (Lipinski definition) is 1. The van der Waals surface area contributed by atoms with Crippen molar-refractivity contribution in [2.45, 2.75) is 6.92 Å². The van der Waals surface area contributed by atoms with Gasteiger partial charge in [-0.2, -0.15) is 0 Å². The lowest BCUT2D eigenvalue weighted by Crippen LogP contribution is -2.00. The molecule has 1 aliphatic heterocycles. The predicted molar refractivity (Wildman–Crippen MR) is 20.7 cm³/mol. The van der Waals surface area contributed by atoms with Gasteiger partial charge in [0.05, 0.1) is 0 Å². The Morgan fingerprint density at radius 2 is 2.50 bits per heavy atom. The number of nitrogens with zero attached hydrogens (tertiary/aromatic N) is 2. The average Bonchev–Trinajstić information content (AvgIpc) is 2.06. The molecular weight excluding hydrogens is 80.0 g/mol. The second-order valence-corrected chi connectivity index (χ2v) is 1.20. The van der Waals surface area contributed by atoms with E-state index in [0.717, 1.165) is 0 Å². The van der Waals surface area contributed by atoms with Gasteiger partial charge in [-0.1, -0.05) is 6.67 Å². The summed E-state index contributed by atoms with van der Waals surface area (Å²) in [6.07, 6.45) is 0. The van der Waals surface area contributed by atoms with Crippen LogP contribution in [-0.2, 0) is 4.79 Å². The minimum Gasteiger partial charge on any atom is -0.552 e. The number of amides is 1. The zero-order valence-corrected chi connectivity index (χ0v) is 3.51. The zero-order valence-electron chi connectivity index (χ0n) is 3.51. The van der Waals surface area contributed by atoms with Crippen LogP contribution in [0.1, 0.15) is 6.92 Å². The van der Waals surface area contributed by atoms with Gasteiger partial charge in [0.1, 0.15) is 0 Å². The van der Waals surface area contributed by atoms with Gasteiger partial charge in [-0.05, 0) is 0 Å². The van der Waals surface area contributed by atoms with Crippen LogP contribution < -0.4 is 0 Å². The van der Waals surface area contributed by atoms with Crippen molar-refractivity contribution in [3.8, 4) is 0 Å². The lowest BCUT2D eigenvalue weighted by molar-refractivity contribution is -0.123. The van der Waals surface area contributed by atoms with E-state index < -0.39 is 0 Å². The van der Waals surface area contributed by atoms with E-state index in [1.54, 1.807) is 0 Å². The van der Waals surface area contributed by atoms with Gasteiger partial charge in [-0.3, -0.25) is 4.79 Å². The molecule has 6 heavy (non-hydrogen) atoms. The Labute approximate surface area is 35.9 Å². The second-order valence-electron chi connectivity index (χ2n) is 1.20. The van der Waals surface area contributed by atoms with E-state index in [2.05, 4.69) is 5.43 Å². The van der Waals surface area contributed by atoms with Crippen LogP contribution in [-0.4, -0.2) is 17.6 Å². The monoisotopic (exact) mass is 85.0 g/mol. The highest BCUT2D eigenvalue weighted by molar-refractivity contribution is 5.77. The molecule has 0 N–H and O–H groups in total. The molecule has 0 aromatic carbocycles. The van der Waals surface area contributed by atoms with Crippen molar-refractivity contribution in [2.75, 3.05) is 6.67 Å². The van der Waals surface area contributed by atoms with Gasteiger partial charge in [0, 0.05) is 6.92 Å².